The van der Waals surface area contributed by atoms with Crippen molar-refractivity contribution >= 4 is 40.2 Å². The summed E-state index contributed by atoms with van der Waals surface area (Å²) in [6.45, 7) is 18.4. The number of amides is 1. The maximum atomic E-state index is 10.8. The first-order valence-corrected chi connectivity index (χ1v) is 39.0. The topological polar surface area (TPSA) is 781 Å². The summed E-state index contributed by atoms with van der Waals surface area (Å²) in [4.78, 5) is 38.5. The van der Waals surface area contributed by atoms with E-state index in [2.05, 4.69) is 130 Å². The minimum absolute atomic E-state index is 0.0242. The Kier molecular flexibility index (Phi) is 39.0. The van der Waals surface area contributed by atoms with Crippen LogP contribution < -0.4 is 38.1 Å². The van der Waals surface area contributed by atoms with E-state index in [4.69, 9.17) is 88.3 Å². The molecule has 14 heterocycles. The lowest BCUT2D eigenvalue weighted by molar-refractivity contribution is -0.163. The van der Waals surface area contributed by atoms with Crippen LogP contribution in [0, 0.1) is 5.41 Å². The van der Waals surface area contributed by atoms with Crippen molar-refractivity contribution in [3.63, 3.8) is 0 Å². The standard InChI is InChI=1S/5C11H18N4O4.C8H13N5O4.C8H12N4O5/c2*1-6(12-2)10-13-5-15(14-10)11-8(17)9(18-3)7(4-16)19-11;2*1-6(12-2)10-13-5-15(14-10)11-9(17)8(16)7(19-11)4-18-3;1-6(12-2)10-13-5-15(14-10)11-9(18-3)8(17)7(4-16)19-11;1-16-8-4(15)3(14)7(17-8)13-2-11-6(12-13)5(9)10;1-16-8-4(14)3(13)7(17-8)12-2-10-6(11-12)5(9)15/h5*5,7-9,11-12,16-17H,1,4H2,2-3H3;2-4,7-8,14-15H,1H3,(H3,9,10);2-4,7-8,13-14H,1H3,(H2,9,15)/t2*7-,8-,9-,11-;7-,8-,9-,11?;2*7-,8-,9-,11-;2*3-,4+,7-,8+/m1001111/s1. The fourth-order valence-electron chi connectivity index (χ4n) is 12.9. The van der Waals surface area contributed by atoms with Crippen molar-refractivity contribution in [1.82, 2.24) is 130 Å². The first kappa shape index (κ1) is 104. The molecule has 0 saturated carbocycles. The van der Waals surface area contributed by atoms with E-state index in [1.165, 1.54) is 122 Å². The third-order valence-corrected chi connectivity index (χ3v) is 20.2. The summed E-state index contributed by atoms with van der Waals surface area (Å²) in [6, 6.07) is 0. The number of aromatic nitrogens is 21. The Morgan fingerprint density at radius 3 is 0.806 bits per heavy atom. The largest absolute Gasteiger partial charge is 0.394 e. The maximum absolute atomic E-state index is 10.8. The number of ether oxygens (including phenoxy) is 14. The average molecular weight is 1840 g/mol. The maximum Gasteiger partial charge on any atom is 0.288 e. The third-order valence-electron chi connectivity index (χ3n) is 20.2. The Balaban J connectivity index is 0.000000186. The minimum Gasteiger partial charge on any atom is -0.394 e. The Morgan fingerprint density at radius 2 is 0.574 bits per heavy atom. The van der Waals surface area contributed by atoms with Crippen LogP contribution >= 0.6 is 0 Å². The number of carbonyl (C=O) groups excluding carboxylic acids is 1. The Morgan fingerprint density at radius 1 is 0.333 bits per heavy atom. The fourth-order valence-corrected chi connectivity index (χ4v) is 12.9. The Hall–Kier alpha value is -10.5. The van der Waals surface area contributed by atoms with Gasteiger partial charge >= 0.3 is 0 Å². The monoisotopic (exact) mass is 1840 g/mol. The number of nitrogens with two attached hydrogens (primary N) is 2. The second-order valence-electron chi connectivity index (χ2n) is 28.3. The molecule has 14 rings (SSSR count). The number of hydrogen-bond acceptors (Lipinski definition) is 49. The second-order valence-corrected chi connectivity index (χ2v) is 28.3. The van der Waals surface area contributed by atoms with Crippen LogP contribution in [0.2, 0.25) is 0 Å². The van der Waals surface area contributed by atoms with Gasteiger partial charge in [-0.1, -0.05) is 32.9 Å². The van der Waals surface area contributed by atoms with Gasteiger partial charge in [-0.15, -0.1) is 35.7 Å². The summed E-state index contributed by atoms with van der Waals surface area (Å²) in [6.07, 6.45) is -14.5. The minimum atomic E-state index is -1.23. The quantitative estimate of drug-likeness (QED) is 0.0142. The van der Waals surface area contributed by atoms with Gasteiger partial charge in [-0.25, -0.2) is 67.7 Å². The normalized spacial score (nSPS) is 31.1. The average Bonchev–Trinajstić information content (AvgIpc) is 1.64. The number of aliphatic hydroxyl groups excluding tert-OH is 14. The zero-order chi connectivity index (χ0) is 95.1. The number of methoxy groups -OCH3 is 7. The van der Waals surface area contributed by atoms with Crippen molar-refractivity contribution in [2.24, 2.45) is 11.5 Å². The number of nitrogens with one attached hydrogen (secondary N) is 6. The summed E-state index contributed by atoms with van der Waals surface area (Å²) in [5, 5.41) is 186. The van der Waals surface area contributed by atoms with E-state index in [0.717, 1.165) is 4.68 Å². The van der Waals surface area contributed by atoms with E-state index in [1.807, 2.05) is 0 Å². The number of primary amides is 1. The van der Waals surface area contributed by atoms with Crippen molar-refractivity contribution in [3.8, 4) is 0 Å². The molecule has 7 saturated heterocycles. The van der Waals surface area contributed by atoms with Crippen LogP contribution in [0.25, 0.3) is 28.5 Å². The van der Waals surface area contributed by atoms with Gasteiger partial charge in [0.05, 0.1) is 61.5 Å². The number of aliphatic hydroxyl groups is 14. The molecule has 0 radical (unpaired) electrons. The molecule has 1 unspecified atom stereocenters. The van der Waals surface area contributed by atoms with Crippen molar-refractivity contribution in [2.45, 2.75) is 172 Å². The van der Waals surface area contributed by atoms with Gasteiger partial charge in [-0.3, -0.25) is 10.2 Å². The summed E-state index contributed by atoms with van der Waals surface area (Å²) in [5.74, 6) is 0.820. The van der Waals surface area contributed by atoms with Gasteiger partial charge in [0, 0.05) is 85.0 Å². The van der Waals surface area contributed by atoms with E-state index in [-0.39, 0.29) is 50.5 Å². The van der Waals surface area contributed by atoms with Crippen molar-refractivity contribution in [1.29, 1.82) is 5.41 Å². The molecule has 0 bridgehead atoms. The predicted octanol–water partition coefficient (Wildman–Crippen LogP) is -10.9. The predicted molar refractivity (Wildman–Crippen MR) is 435 cm³/mol. The van der Waals surface area contributed by atoms with Crippen LogP contribution in [0.4, 0.5) is 0 Å². The summed E-state index contributed by atoms with van der Waals surface area (Å²) >= 11 is 0. The van der Waals surface area contributed by atoms with Gasteiger partial charge in [0.25, 0.3) is 5.91 Å². The molecule has 28 atom stereocenters. The molecule has 0 spiro atoms. The highest BCUT2D eigenvalue weighted by Gasteiger charge is 2.51. The molecule has 1 amide bonds. The molecule has 7 aliphatic rings. The summed E-state index contributed by atoms with van der Waals surface area (Å²) < 4.78 is 82.3. The van der Waals surface area contributed by atoms with Crippen LogP contribution in [0.5, 0.6) is 0 Å². The van der Waals surface area contributed by atoms with Gasteiger partial charge in [0.2, 0.25) is 11.6 Å². The highest BCUT2D eigenvalue weighted by atomic mass is 16.7. The number of nitrogen functional groups attached to an aromatic ring is 1. The van der Waals surface area contributed by atoms with Crippen LogP contribution in [-0.2, 0) is 66.3 Å². The molecule has 0 aromatic carbocycles. The third kappa shape index (κ3) is 24.6. The van der Waals surface area contributed by atoms with Gasteiger partial charge < -0.3 is 176 Å². The number of carbonyl (C=O) groups is 1. The zero-order valence-corrected chi connectivity index (χ0v) is 72.2. The van der Waals surface area contributed by atoms with Crippen LogP contribution in [-0.4, -0.2) is 433 Å². The van der Waals surface area contributed by atoms with Crippen LogP contribution in [0.3, 0.4) is 0 Å². The van der Waals surface area contributed by atoms with Crippen molar-refractivity contribution < 1.29 is 143 Å². The molecular formula is C71H115N29O29. The van der Waals surface area contributed by atoms with E-state index >= 15 is 0 Å². The lowest BCUT2D eigenvalue weighted by Crippen LogP contribution is -2.35. The molecule has 7 aromatic rings. The summed E-state index contributed by atoms with van der Waals surface area (Å²) in [7, 11) is 18.6. The zero-order valence-electron chi connectivity index (χ0n) is 72.2. The van der Waals surface area contributed by atoms with E-state index < -0.39 is 178 Å². The number of nitrogens with zero attached hydrogens (tertiary/aromatic N) is 21. The SMILES string of the molecule is C=C(NC)c1ncn(C2O[C@@H](COC)[C@H](O)[C@@H]2O)n1.C=C(NC)c1ncn([C@@H]2O[C@H](CO)[C@@H](O)[C@H]2OC)n1.C=C(NC)c1ncn([C@@H]2O[C@H](CO)[C@@H](OC)[C@H]2O)n1.C=C(NC)c1ncn([C@@H]2O[C@H](COC)[C@@H](O)[C@H]2O)n1.C=C(NC)c1ncn([C@H]2O[C@@H](CO)[C@H](OC)[C@@H]2O)n1.CO[C@H]1O[C@@H](n2cnc(C(=N)N)n2)[C@H](O)[C@@H]1O.CO[C@H]1O[C@@H](n2cnc(C(N)=O)n2)[C@H](O)[C@@H]1O. The van der Waals surface area contributed by atoms with Crippen LogP contribution in [0.15, 0.2) is 77.2 Å². The molecule has 7 aliphatic heterocycles. The molecule has 58 nitrogen and oxygen atoms in total. The highest BCUT2D eigenvalue weighted by Crippen LogP contribution is 2.37. The number of hydrogen-bond donors (Lipinski definition) is 22. The highest BCUT2D eigenvalue weighted by molar-refractivity contribution is 5.91. The molecule has 129 heavy (non-hydrogen) atoms. The van der Waals surface area contributed by atoms with Gasteiger partial charge in [0.15, 0.2) is 91.1 Å². The molecule has 24 N–H and O–H groups in total. The Bertz CT molecular complexity index is 4440. The van der Waals surface area contributed by atoms with Gasteiger partial charge in [-0.05, 0) is 0 Å². The molecule has 7 fully saturated rings. The number of amidine groups is 1. The first-order chi connectivity index (χ1) is 61.6. The van der Waals surface area contributed by atoms with E-state index in [1.54, 1.807) is 35.2 Å². The Labute approximate surface area is 735 Å². The lowest BCUT2D eigenvalue weighted by atomic mass is 10.1. The van der Waals surface area contributed by atoms with Crippen LogP contribution in [0.1, 0.15) is 89.2 Å². The van der Waals surface area contributed by atoms with Gasteiger partial charge in [0.1, 0.15) is 160 Å². The van der Waals surface area contributed by atoms with Gasteiger partial charge in [-0.2, -0.15) is 0 Å². The molecular weight excluding hydrogens is 1720 g/mol. The molecule has 7 aromatic heterocycles. The first-order valence-electron chi connectivity index (χ1n) is 39.0. The van der Waals surface area contributed by atoms with Crippen molar-refractivity contribution in [2.75, 3.05) is 118 Å². The van der Waals surface area contributed by atoms with E-state index in [9.17, 15) is 71.2 Å². The lowest BCUT2D eigenvalue weighted by Gasteiger charge is -2.18. The molecule has 718 valence electrons. The van der Waals surface area contributed by atoms with Crippen molar-refractivity contribution in [3.05, 3.63) is 118 Å². The number of rotatable bonds is 31. The fraction of sp³-hybridized carbons (Fsp3) is 0.634. The second kappa shape index (κ2) is 48.4. The smallest absolute Gasteiger partial charge is 0.288 e. The summed E-state index contributed by atoms with van der Waals surface area (Å²) in [5.41, 5.74) is 13.0. The molecule has 0 aliphatic carbocycles. The molecule has 58 heteroatoms. The van der Waals surface area contributed by atoms with E-state index in [0.29, 0.717) is 57.6 Å².